The molecule has 0 aromatic heterocycles. The average Bonchev–Trinajstić information content (AvgIpc) is 2.24. The fourth-order valence-corrected chi connectivity index (χ4v) is 2.36. The summed E-state index contributed by atoms with van der Waals surface area (Å²) in [6.45, 7) is 7.96. The van der Waals surface area contributed by atoms with E-state index in [1.165, 1.54) is 6.92 Å². The third kappa shape index (κ3) is 7.55. The molecule has 4 nitrogen and oxygen atoms in total. The Labute approximate surface area is 124 Å². The van der Waals surface area contributed by atoms with Crippen molar-refractivity contribution in [2.75, 3.05) is 13.1 Å². The van der Waals surface area contributed by atoms with Crippen LogP contribution in [0.1, 0.15) is 47.0 Å². The first-order chi connectivity index (χ1) is 9.46. The predicted molar refractivity (Wildman–Crippen MR) is 74.1 cm³/mol. The van der Waals surface area contributed by atoms with E-state index < -0.39 is 24.2 Å². The van der Waals surface area contributed by atoms with Gasteiger partial charge in [0.2, 0.25) is 0 Å². The lowest BCUT2D eigenvalue weighted by Gasteiger charge is -2.35. The number of ether oxygens (including phenoxy) is 1. The van der Waals surface area contributed by atoms with Gasteiger partial charge in [0.1, 0.15) is 5.60 Å². The maximum absolute atomic E-state index is 12.3. The van der Waals surface area contributed by atoms with Crippen LogP contribution < -0.4 is 5.32 Å². The molecule has 1 rings (SSSR count). The Morgan fingerprint density at radius 3 is 2.24 bits per heavy atom. The molecule has 1 heterocycles. The van der Waals surface area contributed by atoms with E-state index in [0.29, 0.717) is 25.9 Å². The summed E-state index contributed by atoms with van der Waals surface area (Å²) in [5, 5.41) is 2.98. The minimum absolute atomic E-state index is 0.0148. The summed E-state index contributed by atoms with van der Waals surface area (Å²) in [5.74, 6) is 0. The van der Waals surface area contributed by atoms with Gasteiger partial charge in [-0.1, -0.05) is 0 Å². The molecule has 1 aliphatic heterocycles. The Hall–Kier alpha value is -0.980. The highest BCUT2D eigenvalue weighted by molar-refractivity contribution is 5.68. The zero-order valence-corrected chi connectivity index (χ0v) is 13.1. The minimum Gasteiger partial charge on any atom is -0.444 e. The SMILES string of the molecule is CC(CC(F)(F)F)NC1CCN(C(=O)OC(C)(C)C)CC1. The molecule has 21 heavy (non-hydrogen) atoms. The van der Waals surface area contributed by atoms with Crippen LogP contribution in [0.3, 0.4) is 0 Å². The van der Waals surface area contributed by atoms with E-state index in [0.717, 1.165) is 0 Å². The van der Waals surface area contributed by atoms with Gasteiger partial charge < -0.3 is 15.0 Å². The molecule has 0 aromatic rings. The molecule has 1 saturated heterocycles. The van der Waals surface area contributed by atoms with Crippen LogP contribution >= 0.6 is 0 Å². The number of nitrogens with one attached hydrogen (secondary N) is 1. The van der Waals surface area contributed by atoms with Crippen molar-refractivity contribution in [2.45, 2.75) is 70.8 Å². The van der Waals surface area contributed by atoms with Crippen LogP contribution in [0.15, 0.2) is 0 Å². The molecule has 1 unspecified atom stereocenters. The van der Waals surface area contributed by atoms with Gasteiger partial charge in [0.05, 0.1) is 6.42 Å². The smallest absolute Gasteiger partial charge is 0.410 e. The maximum Gasteiger partial charge on any atom is 0.410 e. The van der Waals surface area contributed by atoms with E-state index in [4.69, 9.17) is 4.74 Å². The number of rotatable bonds is 3. The highest BCUT2D eigenvalue weighted by atomic mass is 19.4. The van der Waals surface area contributed by atoms with E-state index in [1.54, 1.807) is 25.7 Å². The molecule has 124 valence electrons. The van der Waals surface area contributed by atoms with Crippen LogP contribution in [-0.4, -0.2) is 47.9 Å². The number of likely N-dealkylation sites (tertiary alicyclic amines) is 1. The Bertz CT molecular complexity index is 345. The number of amides is 1. The van der Waals surface area contributed by atoms with Gasteiger partial charge in [0.25, 0.3) is 0 Å². The first kappa shape index (κ1) is 18.1. The molecule has 1 aliphatic rings. The van der Waals surface area contributed by atoms with Gasteiger partial charge in [0, 0.05) is 25.2 Å². The van der Waals surface area contributed by atoms with Crippen LogP contribution in [0.4, 0.5) is 18.0 Å². The van der Waals surface area contributed by atoms with Gasteiger partial charge in [-0.05, 0) is 40.5 Å². The summed E-state index contributed by atoms with van der Waals surface area (Å²) in [4.78, 5) is 13.5. The molecule has 1 N–H and O–H groups in total. The Morgan fingerprint density at radius 2 is 1.81 bits per heavy atom. The first-order valence-corrected chi connectivity index (χ1v) is 7.27. The molecule has 0 aromatic carbocycles. The molecule has 0 saturated carbocycles. The topological polar surface area (TPSA) is 41.6 Å². The van der Waals surface area contributed by atoms with E-state index in [1.807, 2.05) is 0 Å². The molecule has 1 amide bonds. The third-order valence-electron chi connectivity index (χ3n) is 3.20. The number of hydrogen-bond acceptors (Lipinski definition) is 3. The maximum atomic E-state index is 12.3. The Kier molecular flexibility index (Phi) is 5.90. The van der Waals surface area contributed by atoms with Crippen LogP contribution in [0.2, 0.25) is 0 Å². The molecule has 1 atom stereocenters. The second-order valence-electron chi connectivity index (χ2n) is 6.63. The lowest BCUT2D eigenvalue weighted by molar-refractivity contribution is -0.139. The summed E-state index contributed by atoms with van der Waals surface area (Å²) < 4.78 is 42.1. The van der Waals surface area contributed by atoms with E-state index in [2.05, 4.69) is 5.32 Å². The van der Waals surface area contributed by atoms with Crippen molar-refractivity contribution in [1.29, 1.82) is 0 Å². The highest BCUT2D eigenvalue weighted by Crippen LogP contribution is 2.22. The Morgan fingerprint density at radius 1 is 1.29 bits per heavy atom. The van der Waals surface area contributed by atoms with E-state index >= 15 is 0 Å². The fraction of sp³-hybridized carbons (Fsp3) is 0.929. The number of alkyl halides is 3. The van der Waals surface area contributed by atoms with Crippen molar-refractivity contribution >= 4 is 6.09 Å². The van der Waals surface area contributed by atoms with Gasteiger partial charge in [-0.15, -0.1) is 0 Å². The molecule has 0 bridgehead atoms. The number of hydrogen-bond donors (Lipinski definition) is 1. The lowest BCUT2D eigenvalue weighted by Crippen LogP contribution is -2.48. The number of nitrogens with zero attached hydrogens (tertiary/aromatic N) is 1. The second kappa shape index (κ2) is 6.85. The minimum atomic E-state index is -4.15. The summed E-state index contributed by atoms with van der Waals surface area (Å²) in [6.07, 6.45) is -4.06. The average molecular weight is 310 g/mol. The predicted octanol–water partition coefficient (Wildman–Crippen LogP) is 3.32. The van der Waals surface area contributed by atoms with Crippen LogP contribution in [0.5, 0.6) is 0 Å². The molecule has 0 spiro atoms. The van der Waals surface area contributed by atoms with Crippen molar-refractivity contribution in [2.24, 2.45) is 0 Å². The van der Waals surface area contributed by atoms with Crippen molar-refractivity contribution < 1.29 is 22.7 Å². The zero-order valence-electron chi connectivity index (χ0n) is 13.1. The van der Waals surface area contributed by atoms with Gasteiger partial charge in [-0.3, -0.25) is 0 Å². The monoisotopic (exact) mass is 310 g/mol. The van der Waals surface area contributed by atoms with Gasteiger partial charge in [0.15, 0.2) is 0 Å². The molecular formula is C14H25F3N2O2. The van der Waals surface area contributed by atoms with Crippen molar-refractivity contribution in [3.63, 3.8) is 0 Å². The second-order valence-corrected chi connectivity index (χ2v) is 6.63. The van der Waals surface area contributed by atoms with Crippen molar-refractivity contribution in [3.8, 4) is 0 Å². The normalized spacial score (nSPS) is 19.5. The van der Waals surface area contributed by atoms with Crippen LogP contribution in [-0.2, 0) is 4.74 Å². The van der Waals surface area contributed by atoms with Crippen molar-refractivity contribution in [3.05, 3.63) is 0 Å². The quantitative estimate of drug-likeness (QED) is 0.869. The van der Waals surface area contributed by atoms with E-state index in [-0.39, 0.29) is 12.1 Å². The molecular weight excluding hydrogens is 285 g/mol. The molecule has 0 radical (unpaired) electrons. The summed E-state index contributed by atoms with van der Waals surface area (Å²) in [6, 6.07) is -0.593. The molecule has 7 heteroatoms. The Balaban J connectivity index is 2.34. The van der Waals surface area contributed by atoms with Crippen LogP contribution in [0, 0.1) is 0 Å². The fourth-order valence-electron chi connectivity index (χ4n) is 2.36. The number of carbonyl (C=O) groups is 1. The number of piperidine rings is 1. The van der Waals surface area contributed by atoms with Crippen molar-refractivity contribution in [1.82, 2.24) is 10.2 Å². The largest absolute Gasteiger partial charge is 0.444 e. The number of halogens is 3. The summed E-state index contributed by atoms with van der Waals surface area (Å²) >= 11 is 0. The zero-order chi connectivity index (χ0) is 16.3. The summed E-state index contributed by atoms with van der Waals surface area (Å²) in [5.41, 5.74) is -0.534. The standard InChI is InChI=1S/C14H25F3N2O2/c1-10(9-14(15,16)17)18-11-5-7-19(8-6-11)12(20)21-13(2,3)4/h10-11,18H,5-9H2,1-4H3. The van der Waals surface area contributed by atoms with Gasteiger partial charge >= 0.3 is 12.3 Å². The lowest BCUT2D eigenvalue weighted by atomic mass is 10.0. The molecule has 0 aliphatic carbocycles. The van der Waals surface area contributed by atoms with E-state index in [9.17, 15) is 18.0 Å². The first-order valence-electron chi connectivity index (χ1n) is 7.27. The van der Waals surface area contributed by atoms with Crippen LogP contribution in [0.25, 0.3) is 0 Å². The van der Waals surface area contributed by atoms with Gasteiger partial charge in [-0.2, -0.15) is 13.2 Å². The molecule has 1 fully saturated rings. The third-order valence-corrected chi connectivity index (χ3v) is 3.20. The van der Waals surface area contributed by atoms with Gasteiger partial charge in [-0.25, -0.2) is 4.79 Å². The highest BCUT2D eigenvalue weighted by Gasteiger charge is 2.32. The summed E-state index contributed by atoms with van der Waals surface area (Å²) in [7, 11) is 0. The number of carbonyl (C=O) groups excluding carboxylic acids is 1.